The number of nitrogens with zero attached hydrogens (tertiary/aromatic N) is 2. The van der Waals surface area contributed by atoms with Crippen molar-refractivity contribution in [2.24, 2.45) is 0 Å². The van der Waals surface area contributed by atoms with Gasteiger partial charge in [-0.2, -0.15) is 0 Å². The molecule has 1 aliphatic rings. The largest absolute Gasteiger partial charge is 0.508 e. The Morgan fingerprint density at radius 1 is 0.820 bits per heavy atom. The second kappa shape index (κ2) is 18.3. The Labute approximate surface area is 291 Å². The van der Waals surface area contributed by atoms with Crippen LogP contribution in [-0.4, -0.2) is 112 Å². The molecule has 0 atom stereocenters. The van der Waals surface area contributed by atoms with Crippen LogP contribution in [0.15, 0.2) is 60.7 Å². The van der Waals surface area contributed by atoms with E-state index in [1.165, 1.54) is 24.2 Å². The van der Waals surface area contributed by atoms with E-state index in [0.717, 1.165) is 58.0 Å². The molecule has 0 unspecified atom stereocenters. The van der Waals surface area contributed by atoms with E-state index in [0.29, 0.717) is 23.5 Å². The Morgan fingerprint density at radius 3 is 1.96 bits per heavy atom. The Balaban J connectivity index is 0.000000485. The summed E-state index contributed by atoms with van der Waals surface area (Å²) in [5, 5.41) is 40.5. The number of benzene rings is 3. The minimum absolute atomic E-state index is 0.0717. The number of fused-ring (bicyclic) bond motifs is 1. The van der Waals surface area contributed by atoms with Crippen molar-refractivity contribution in [3.05, 3.63) is 77.4 Å². The van der Waals surface area contributed by atoms with Crippen LogP contribution in [0.3, 0.4) is 0 Å². The minimum Gasteiger partial charge on any atom is -0.508 e. The molecule has 5 rings (SSSR count). The highest BCUT2D eigenvalue weighted by Crippen LogP contribution is 2.42. The molecule has 1 saturated heterocycles. The molecule has 0 saturated carbocycles. The molecule has 14 nitrogen and oxygen atoms in total. The fourth-order valence-electron chi connectivity index (χ4n) is 5.02. The SMILES string of the molecule is COc1cc(C(=O)c2c(-c3ccc(OCCN4CCCC4)cc3)sc3cc(O)ccc23)ccc1CN(C)C.O=C(O)C(=O)O.O=C(O)C(=O)O. The van der Waals surface area contributed by atoms with E-state index in [9.17, 15) is 9.90 Å². The minimum atomic E-state index is -1.82. The summed E-state index contributed by atoms with van der Waals surface area (Å²) < 4.78 is 12.5. The van der Waals surface area contributed by atoms with Gasteiger partial charge < -0.3 is 39.9 Å². The Kier molecular flexibility index (Phi) is 14.3. The van der Waals surface area contributed by atoms with Crippen molar-refractivity contribution in [3.63, 3.8) is 0 Å². The van der Waals surface area contributed by atoms with Crippen molar-refractivity contribution >= 4 is 51.1 Å². The molecular formula is C35H38N2O12S. The maximum atomic E-state index is 14.0. The predicted molar refractivity (Wildman–Crippen MR) is 184 cm³/mol. The number of rotatable bonds is 10. The zero-order valence-corrected chi connectivity index (χ0v) is 28.4. The maximum Gasteiger partial charge on any atom is 0.414 e. The van der Waals surface area contributed by atoms with E-state index in [1.54, 1.807) is 19.2 Å². The van der Waals surface area contributed by atoms with Crippen molar-refractivity contribution < 1.29 is 59.0 Å². The number of phenols is 1. The molecule has 1 fully saturated rings. The number of thiophene rings is 1. The fraction of sp³-hybridized carbons (Fsp3) is 0.286. The second-order valence-electron chi connectivity index (χ2n) is 11.2. The molecule has 50 heavy (non-hydrogen) atoms. The smallest absolute Gasteiger partial charge is 0.414 e. The van der Waals surface area contributed by atoms with Gasteiger partial charge in [-0.25, -0.2) is 19.2 Å². The maximum absolute atomic E-state index is 14.0. The monoisotopic (exact) mass is 710 g/mol. The molecule has 3 aromatic carbocycles. The van der Waals surface area contributed by atoms with Crippen molar-refractivity contribution in [1.29, 1.82) is 0 Å². The Morgan fingerprint density at radius 2 is 1.42 bits per heavy atom. The van der Waals surface area contributed by atoms with E-state index < -0.39 is 23.9 Å². The molecule has 0 spiro atoms. The van der Waals surface area contributed by atoms with Crippen LogP contribution in [0.5, 0.6) is 17.2 Å². The summed E-state index contributed by atoms with van der Waals surface area (Å²) in [7, 11) is 5.63. The quantitative estimate of drug-likeness (QED) is 0.114. The standard InChI is InChI=1S/C31H34N2O4S.2C2H2O4/c1-32(2)20-23-7-6-22(18-27(23)36-3)30(35)29-26-13-10-24(34)19-28(26)38-31(29)21-8-11-25(12-9-21)37-17-16-33-14-4-5-15-33;2*3-1(4)2(5)6/h6-13,18-19,34H,4-5,14-17,20H2,1-3H3;2*(H,3,4)(H,5,6). The van der Waals surface area contributed by atoms with Crippen molar-refractivity contribution in [3.8, 4) is 27.7 Å². The van der Waals surface area contributed by atoms with Crippen molar-refractivity contribution in [1.82, 2.24) is 9.80 Å². The normalized spacial score (nSPS) is 12.3. The van der Waals surface area contributed by atoms with Gasteiger partial charge in [0.25, 0.3) is 0 Å². The van der Waals surface area contributed by atoms with Gasteiger partial charge in [-0.15, -0.1) is 11.3 Å². The predicted octanol–water partition coefficient (Wildman–Crippen LogP) is 4.36. The van der Waals surface area contributed by atoms with Crippen LogP contribution >= 0.6 is 11.3 Å². The summed E-state index contributed by atoms with van der Waals surface area (Å²) in [4.78, 5) is 55.8. The van der Waals surface area contributed by atoms with Gasteiger partial charge in [-0.05, 0) is 94.1 Å². The van der Waals surface area contributed by atoms with Gasteiger partial charge >= 0.3 is 23.9 Å². The third-order valence-corrected chi connectivity index (χ3v) is 8.50. The van der Waals surface area contributed by atoms with Crippen molar-refractivity contribution in [2.45, 2.75) is 19.4 Å². The van der Waals surface area contributed by atoms with E-state index in [2.05, 4.69) is 9.80 Å². The zero-order chi connectivity index (χ0) is 37.0. The Bertz CT molecular complexity index is 1780. The highest BCUT2D eigenvalue weighted by Gasteiger charge is 2.23. The first-order valence-corrected chi connectivity index (χ1v) is 16.0. The first-order valence-electron chi connectivity index (χ1n) is 15.2. The van der Waals surface area contributed by atoms with Crippen molar-refractivity contribution in [2.75, 3.05) is 47.4 Å². The molecule has 0 radical (unpaired) electrons. The molecule has 1 aliphatic heterocycles. The number of carboxylic acids is 4. The topological polar surface area (TPSA) is 211 Å². The van der Waals surface area contributed by atoms with E-state index in [4.69, 9.17) is 49.1 Å². The number of methoxy groups -OCH3 is 1. The lowest BCUT2D eigenvalue weighted by Gasteiger charge is -2.15. The van der Waals surface area contributed by atoms with Crippen LogP contribution in [-0.2, 0) is 25.7 Å². The third kappa shape index (κ3) is 11.0. The van der Waals surface area contributed by atoms with E-state index >= 15 is 0 Å². The number of ketones is 1. The number of carbonyl (C=O) groups is 5. The Hall–Kier alpha value is -5.51. The summed E-state index contributed by atoms with van der Waals surface area (Å²) in [6, 6.07) is 18.8. The van der Waals surface area contributed by atoms with Gasteiger partial charge in [-0.3, -0.25) is 9.69 Å². The van der Waals surface area contributed by atoms with Crippen LogP contribution in [0.25, 0.3) is 20.5 Å². The average Bonchev–Trinajstić information content (AvgIpc) is 3.73. The number of carboxylic acid groups (broad SMARTS) is 4. The lowest BCUT2D eigenvalue weighted by Crippen LogP contribution is -2.25. The number of aromatic hydroxyl groups is 1. The average molecular weight is 711 g/mol. The zero-order valence-electron chi connectivity index (χ0n) is 27.6. The summed E-state index contributed by atoms with van der Waals surface area (Å²) in [5.41, 5.74) is 3.17. The lowest BCUT2D eigenvalue weighted by molar-refractivity contribution is -0.159. The molecular weight excluding hydrogens is 672 g/mol. The molecule has 15 heteroatoms. The van der Waals surface area contributed by atoms with Gasteiger partial charge in [0, 0.05) is 44.7 Å². The molecule has 0 aliphatic carbocycles. The van der Waals surface area contributed by atoms with Crippen LogP contribution in [0.1, 0.15) is 34.3 Å². The molecule has 266 valence electrons. The lowest BCUT2D eigenvalue weighted by atomic mass is 9.96. The van der Waals surface area contributed by atoms with E-state index in [-0.39, 0.29) is 11.5 Å². The number of ether oxygens (including phenoxy) is 2. The molecule has 5 N–H and O–H groups in total. The summed E-state index contributed by atoms with van der Waals surface area (Å²) >= 11 is 1.51. The van der Waals surface area contributed by atoms with Crippen LogP contribution in [0.2, 0.25) is 0 Å². The number of likely N-dealkylation sites (tertiary alicyclic amines) is 1. The van der Waals surface area contributed by atoms with Gasteiger partial charge in [0.15, 0.2) is 5.78 Å². The number of carbonyl (C=O) groups excluding carboxylic acids is 1. The first-order chi connectivity index (χ1) is 23.7. The van der Waals surface area contributed by atoms with Gasteiger partial charge in [0.1, 0.15) is 23.9 Å². The highest BCUT2D eigenvalue weighted by molar-refractivity contribution is 7.22. The second-order valence-corrected chi connectivity index (χ2v) is 12.3. The first kappa shape index (κ1) is 38.9. The number of phenolic OH excluding ortho intramolecular Hbond substituents is 1. The van der Waals surface area contributed by atoms with Crippen LogP contribution < -0.4 is 9.47 Å². The number of hydrogen-bond acceptors (Lipinski definition) is 11. The molecule has 1 aromatic heterocycles. The fourth-order valence-corrected chi connectivity index (χ4v) is 6.26. The highest BCUT2D eigenvalue weighted by atomic mass is 32.1. The molecule has 0 amide bonds. The third-order valence-electron chi connectivity index (χ3n) is 7.29. The summed E-state index contributed by atoms with van der Waals surface area (Å²) in [5.74, 6) is -5.67. The molecule has 2 heterocycles. The number of aliphatic carboxylic acids is 4. The van der Waals surface area contributed by atoms with E-state index in [1.807, 2.05) is 62.6 Å². The summed E-state index contributed by atoms with van der Waals surface area (Å²) in [6.45, 7) is 4.64. The van der Waals surface area contributed by atoms with Gasteiger partial charge in [0.2, 0.25) is 0 Å². The number of hydrogen-bond donors (Lipinski definition) is 5. The van der Waals surface area contributed by atoms with Gasteiger partial charge in [0.05, 0.1) is 7.11 Å². The van der Waals surface area contributed by atoms with Gasteiger partial charge in [-0.1, -0.05) is 12.1 Å². The summed E-state index contributed by atoms with van der Waals surface area (Å²) in [6.07, 6.45) is 2.55. The molecule has 4 aromatic rings. The molecule has 0 bridgehead atoms. The van der Waals surface area contributed by atoms with Crippen LogP contribution in [0.4, 0.5) is 0 Å². The van der Waals surface area contributed by atoms with Crippen LogP contribution in [0, 0.1) is 0 Å².